The number of nitrogens with one attached hydrogen (secondary N) is 2. The van der Waals surface area contributed by atoms with E-state index in [1.165, 1.54) is 31.5 Å². The smallest absolute Gasteiger partial charge is 0.273 e. The lowest BCUT2D eigenvalue weighted by Gasteiger charge is -2.12. The van der Waals surface area contributed by atoms with Gasteiger partial charge in [0.05, 0.1) is 23.8 Å². The van der Waals surface area contributed by atoms with Gasteiger partial charge in [0.2, 0.25) is 0 Å². The predicted molar refractivity (Wildman–Crippen MR) is 106 cm³/mol. The van der Waals surface area contributed by atoms with Gasteiger partial charge in [-0.2, -0.15) is 5.26 Å². The number of hydrogen-bond acceptors (Lipinski definition) is 6. The van der Waals surface area contributed by atoms with Gasteiger partial charge in [0.15, 0.2) is 0 Å². The number of ether oxygens (including phenoxy) is 1. The van der Waals surface area contributed by atoms with Gasteiger partial charge in [-0.25, -0.2) is 0 Å². The van der Waals surface area contributed by atoms with Gasteiger partial charge in [0.1, 0.15) is 17.4 Å². The van der Waals surface area contributed by atoms with E-state index in [4.69, 9.17) is 4.74 Å². The molecule has 8 heteroatoms. The average molecular weight is 380 g/mol. The number of rotatable bonds is 7. The summed E-state index contributed by atoms with van der Waals surface area (Å²) in [5, 5.41) is 25.8. The fourth-order valence-corrected chi connectivity index (χ4v) is 2.61. The van der Waals surface area contributed by atoms with E-state index in [0.29, 0.717) is 0 Å². The molecule has 0 unspecified atom stereocenters. The Morgan fingerprint density at radius 3 is 2.71 bits per heavy atom. The van der Waals surface area contributed by atoms with Crippen LogP contribution < -0.4 is 15.4 Å². The number of nitrogens with zero attached hydrogens (tertiary/aromatic N) is 2. The first-order chi connectivity index (χ1) is 13.4. The van der Waals surface area contributed by atoms with Crippen LogP contribution in [0, 0.1) is 28.4 Å². The number of benzene rings is 2. The average Bonchev–Trinajstić information content (AvgIpc) is 2.69. The van der Waals surface area contributed by atoms with Gasteiger partial charge in [0, 0.05) is 18.0 Å². The molecule has 2 aromatic carbocycles. The maximum atomic E-state index is 12.5. The third-order valence-electron chi connectivity index (χ3n) is 4.11. The molecule has 0 radical (unpaired) electrons. The van der Waals surface area contributed by atoms with Gasteiger partial charge < -0.3 is 15.4 Å². The number of aryl methyl sites for hydroxylation is 2. The molecule has 0 saturated carbocycles. The number of anilines is 2. The minimum absolute atomic E-state index is 0.125. The van der Waals surface area contributed by atoms with Crippen molar-refractivity contribution in [3.63, 3.8) is 0 Å². The van der Waals surface area contributed by atoms with Gasteiger partial charge in [0.25, 0.3) is 11.6 Å². The number of nitro groups is 1. The van der Waals surface area contributed by atoms with Gasteiger partial charge in [-0.1, -0.05) is 25.1 Å². The number of carbonyl (C=O) groups is 1. The fraction of sp³-hybridized carbons (Fsp3) is 0.200. The zero-order chi connectivity index (χ0) is 20.7. The van der Waals surface area contributed by atoms with Crippen LogP contribution in [0.15, 0.2) is 48.2 Å². The van der Waals surface area contributed by atoms with Gasteiger partial charge in [-0.05, 0) is 30.5 Å². The molecule has 144 valence electrons. The van der Waals surface area contributed by atoms with Gasteiger partial charge in [-0.3, -0.25) is 14.9 Å². The molecule has 2 rings (SSSR count). The standard InChI is InChI=1S/C20H20N4O4/c1-4-14-7-5-6-13(2)19(14)22-12-15(11-21)20(25)23-17-9-8-16(24(26)27)10-18(17)28-3/h5-10,12,22H,4H2,1-3H3,(H,23,25)/b15-12-. The molecule has 0 bridgehead atoms. The molecule has 0 heterocycles. The van der Waals surface area contributed by atoms with Crippen LogP contribution in [0.4, 0.5) is 17.1 Å². The molecule has 0 aromatic heterocycles. The number of carbonyl (C=O) groups excluding carboxylic acids is 1. The molecule has 8 nitrogen and oxygen atoms in total. The first-order valence-corrected chi connectivity index (χ1v) is 8.50. The van der Waals surface area contributed by atoms with Crippen LogP contribution in [0.25, 0.3) is 0 Å². The van der Waals surface area contributed by atoms with Crippen LogP contribution in [0.3, 0.4) is 0 Å². The lowest BCUT2D eigenvalue weighted by atomic mass is 10.1. The number of nitriles is 1. The molecule has 0 aliphatic heterocycles. The van der Waals surface area contributed by atoms with Crippen LogP contribution in [-0.4, -0.2) is 17.9 Å². The molecule has 1 amide bonds. The van der Waals surface area contributed by atoms with Crippen molar-refractivity contribution in [1.29, 1.82) is 5.26 Å². The largest absolute Gasteiger partial charge is 0.494 e. The maximum Gasteiger partial charge on any atom is 0.273 e. The van der Waals surface area contributed by atoms with E-state index in [1.54, 1.807) is 0 Å². The van der Waals surface area contributed by atoms with E-state index >= 15 is 0 Å². The van der Waals surface area contributed by atoms with Crippen LogP contribution in [-0.2, 0) is 11.2 Å². The molecule has 2 N–H and O–H groups in total. The second kappa shape index (κ2) is 9.19. The summed E-state index contributed by atoms with van der Waals surface area (Å²) >= 11 is 0. The lowest BCUT2D eigenvalue weighted by Crippen LogP contribution is -2.15. The fourth-order valence-electron chi connectivity index (χ4n) is 2.61. The number of para-hydroxylation sites is 1. The van der Waals surface area contributed by atoms with Crippen LogP contribution in [0.5, 0.6) is 5.75 Å². The molecular formula is C20H20N4O4. The van der Waals surface area contributed by atoms with E-state index < -0.39 is 10.8 Å². The van der Waals surface area contributed by atoms with E-state index in [1.807, 2.05) is 38.1 Å². The number of amides is 1. The van der Waals surface area contributed by atoms with Crippen molar-refractivity contribution in [1.82, 2.24) is 0 Å². The second-order valence-corrected chi connectivity index (χ2v) is 5.87. The Kier molecular flexibility index (Phi) is 6.71. The molecule has 0 atom stereocenters. The van der Waals surface area contributed by atoms with Crippen LogP contribution >= 0.6 is 0 Å². The molecule has 28 heavy (non-hydrogen) atoms. The summed E-state index contributed by atoms with van der Waals surface area (Å²) in [6.45, 7) is 3.95. The summed E-state index contributed by atoms with van der Waals surface area (Å²) in [6, 6.07) is 11.5. The van der Waals surface area contributed by atoms with Gasteiger partial charge >= 0.3 is 0 Å². The van der Waals surface area contributed by atoms with Crippen molar-refractivity contribution in [2.75, 3.05) is 17.7 Å². The van der Waals surface area contributed by atoms with Crippen LogP contribution in [0.2, 0.25) is 0 Å². The highest BCUT2D eigenvalue weighted by atomic mass is 16.6. The molecule has 0 aliphatic rings. The van der Waals surface area contributed by atoms with Crippen LogP contribution in [0.1, 0.15) is 18.1 Å². The Bertz CT molecular complexity index is 977. The molecule has 0 saturated heterocycles. The summed E-state index contributed by atoms with van der Waals surface area (Å²) in [5.74, 6) is -0.534. The van der Waals surface area contributed by atoms with Crippen molar-refractivity contribution in [2.24, 2.45) is 0 Å². The Labute approximate surface area is 162 Å². The summed E-state index contributed by atoms with van der Waals surface area (Å²) in [7, 11) is 1.34. The van der Waals surface area contributed by atoms with Crippen molar-refractivity contribution >= 4 is 23.0 Å². The highest BCUT2D eigenvalue weighted by Gasteiger charge is 2.16. The topological polar surface area (TPSA) is 117 Å². The first-order valence-electron chi connectivity index (χ1n) is 8.50. The lowest BCUT2D eigenvalue weighted by molar-refractivity contribution is -0.384. The number of hydrogen-bond donors (Lipinski definition) is 2. The summed E-state index contributed by atoms with van der Waals surface area (Å²) < 4.78 is 5.09. The Morgan fingerprint density at radius 2 is 2.11 bits per heavy atom. The molecule has 0 spiro atoms. The highest BCUT2D eigenvalue weighted by Crippen LogP contribution is 2.29. The maximum absolute atomic E-state index is 12.5. The van der Waals surface area contributed by atoms with Crippen molar-refractivity contribution < 1.29 is 14.5 Å². The first kappa shape index (κ1) is 20.5. The zero-order valence-electron chi connectivity index (χ0n) is 15.8. The third kappa shape index (κ3) is 4.65. The second-order valence-electron chi connectivity index (χ2n) is 5.87. The van der Waals surface area contributed by atoms with Crippen molar-refractivity contribution in [3.05, 3.63) is 69.4 Å². The van der Waals surface area contributed by atoms with E-state index in [2.05, 4.69) is 10.6 Å². The predicted octanol–water partition coefficient (Wildman–Crippen LogP) is 3.93. The third-order valence-corrected chi connectivity index (χ3v) is 4.11. The van der Waals surface area contributed by atoms with E-state index in [0.717, 1.165) is 23.2 Å². The SMILES string of the molecule is CCc1cccc(C)c1N/C=C(/C#N)C(=O)Nc1ccc([N+](=O)[O-])cc1OC. The minimum atomic E-state index is -0.659. The van der Waals surface area contributed by atoms with Crippen molar-refractivity contribution in [3.8, 4) is 11.8 Å². The number of non-ortho nitro benzene ring substituents is 1. The monoisotopic (exact) mass is 380 g/mol. The quantitative estimate of drug-likeness (QED) is 0.325. The Balaban J connectivity index is 2.24. The zero-order valence-corrected chi connectivity index (χ0v) is 15.8. The molecular weight excluding hydrogens is 360 g/mol. The molecule has 2 aromatic rings. The summed E-state index contributed by atoms with van der Waals surface area (Å²) in [4.78, 5) is 22.8. The Hall–Kier alpha value is -3.86. The highest BCUT2D eigenvalue weighted by molar-refractivity contribution is 6.07. The summed E-state index contributed by atoms with van der Waals surface area (Å²) in [6.07, 6.45) is 2.14. The molecule has 0 fully saturated rings. The summed E-state index contributed by atoms with van der Waals surface area (Å²) in [5.41, 5.74) is 2.81. The van der Waals surface area contributed by atoms with Gasteiger partial charge in [-0.15, -0.1) is 0 Å². The van der Waals surface area contributed by atoms with E-state index in [9.17, 15) is 20.2 Å². The number of nitro benzene ring substituents is 1. The Morgan fingerprint density at radius 1 is 1.36 bits per heavy atom. The van der Waals surface area contributed by atoms with E-state index in [-0.39, 0.29) is 22.7 Å². The van der Waals surface area contributed by atoms with Crippen molar-refractivity contribution in [2.45, 2.75) is 20.3 Å². The molecule has 0 aliphatic carbocycles. The minimum Gasteiger partial charge on any atom is -0.494 e. The normalized spacial score (nSPS) is 10.7. The number of methoxy groups -OCH3 is 1.